The van der Waals surface area contributed by atoms with Crippen molar-refractivity contribution in [3.05, 3.63) is 57.8 Å². The zero-order valence-corrected chi connectivity index (χ0v) is 15.7. The van der Waals surface area contributed by atoms with Gasteiger partial charge in [-0.1, -0.05) is 12.1 Å². The van der Waals surface area contributed by atoms with E-state index in [1.54, 1.807) is 0 Å². The van der Waals surface area contributed by atoms with Crippen LogP contribution in [0.4, 0.5) is 4.39 Å². The maximum Gasteiger partial charge on any atom is 0.252 e. The second-order valence-electron chi connectivity index (χ2n) is 6.51. The van der Waals surface area contributed by atoms with E-state index in [4.69, 9.17) is 9.47 Å². The third-order valence-corrected chi connectivity index (χ3v) is 4.56. The summed E-state index contributed by atoms with van der Waals surface area (Å²) in [6.45, 7) is 4.66. The Bertz CT molecular complexity index is 807. The molecule has 25 heavy (non-hydrogen) atoms. The van der Waals surface area contributed by atoms with Gasteiger partial charge in [-0.15, -0.1) is 0 Å². The van der Waals surface area contributed by atoms with Crippen LogP contribution in [0, 0.1) is 5.82 Å². The minimum Gasteiger partial charge on any atom is -0.488 e. The molecule has 1 aliphatic rings. The van der Waals surface area contributed by atoms with Crippen LogP contribution in [0.5, 0.6) is 11.5 Å². The van der Waals surface area contributed by atoms with Gasteiger partial charge in [-0.3, -0.25) is 4.79 Å². The molecular formula is C19H19BrFNO3. The normalized spacial score (nSPS) is 14.6. The molecule has 0 aliphatic carbocycles. The molecule has 0 bridgehead atoms. The zero-order valence-electron chi connectivity index (χ0n) is 14.1. The molecule has 0 aromatic heterocycles. The summed E-state index contributed by atoms with van der Waals surface area (Å²) in [7, 11) is 0. The summed E-state index contributed by atoms with van der Waals surface area (Å²) in [4.78, 5) is 12.1. The predicted molar refractivity (Wildman–Crippen MR) is 96.8 cm³/mol. The van der Waals surface area contributed by atoms with Crippen molar-refractivity contribution in [1.82, 2.24) is 5.32 Å². The number of halogens is 2. The quantitative estimate of drug-likeness (QED) is 0.758. The van der Waals surface area contributed by atoms with Gasteiger partial charge < -0.3 is 14.8 Å². The third-order valence-electron chi connectivity index (χ3n) is 3.87. The van der Waals surface area contributed by atoms with Crippen molar-refractivity contribution >= 4 is 21.8 Å². The van der Waals surface area contributed by atoms with Crippen molar-refractivity contribution in [1.29, 1.82) is 0 Å². The van der Waals surface area contributed by atoms with Crippen molar-refractivity contribution < 1.29 is 18.7 Å². The number of fused-ring (bicyclic) bond motifs is 1. The van der Waals surface area contributed by atoms with Gasteiger partial charge >= 0.3 is 0 Å². The molecule has 4 nitrogen and oxygen atoms in total. The van der Waals surface area contributed by atoms with Gasteiger partial charge in [0, 0.05) is 16.5 Å². The summed E-state index contributed by atoms with van der Waals surface area (Å²) in [6, 6.07) is 9.81. The molecule has 1 heterocycles. The second kappa shape index (κ2) is 7.04. The lowest BCUT2D eigenvalue weighted by Crippen LogP contribution is -2.28. The summed E-state index contributed by atoms with van der Waals surface area (Å²) < 4.78 is 25.5. The first kappa shape index (κ1) is 17.7. The van der Waals surface area contributed by atoms with Crippen LogP contribution < -0.4 is 14.8 Å². The van der Waals surface area contributed by atoms with Crippen molar-refractivity contribution in [2.75, 3.05) is 13.2 Å². The van der Waals surface area contributed by atoms with E-state index in [0.717, 1.165) is 17.7 Å². The van der Waals surface area contributed by atoms with Crippen LogP contribution in [0.1, 0.15) is 29.8 Å². The Labute approximate surface area is 154 Å². The molecule has 0 unspecified atom stereocenters. The summed E-state index contributed by atoms with van der Waals surface area (Å²) >= 11 is 3.25. The first-order valence-electron chi connectivity index (χ1n) is 8.03. The van der Waals surface area contributed by atoms with Crippen molar-refractivity contribution in [2.45, 2.75) is 25.9 Å². The minimum absolute atomic E-state index is 0.236. The summed E-state index contributed by atoms with van der Waals surface area (Å²) in [5.41, 5.74) is 1.14. The van der Waals surface area contributed by atoms with Gasteiger partial charge in [0.2, 0.25) is 0 Å². The fourth-order valence-electron chi connectivity index (χ4n) is 2.79. The van der Waals surface area contributed by atoms with Gasteiger partial charge in [0.1, 0.15) is 18.0 Å². The average molecular weight is 408 g/mol. The van der Waals surface area contributed by atoms with Crippen molar-refractivity contribution in [2.24, 2.45) is 0 Å². The molecule has 1 aliphatic heterocycles. The maximum atomic E-state index is 13.3. The number of nitrogens with one attached hydrogen (secondary N) is 1. The number of para-hydroxylation sites is 1. The molecule has 2 aromatic carbocycles. The highest BCUT2D eigenvalue weighted by Crippen LogP contribution is 2.41. The van der Waals surface area contributed by atoms with Gasteiger partial charge in [-0.05, 0) is 54.0 Å². The van der Waals surface area contributed by atoms with Crippen LogP contribution in [0.2, 0.25) is 0 Å². The minimum atomic E-state index is -0.454. The zero-order chi connectivity index (χ0) is 18.0. The fraction of sp³-hybridized carbons (Fsp3) is 0.316. The molecule has 132 valence electrons. The number of amides is 1. The molecule has 0 saturated heterocycles. The van der Waals surface area contributed by atoms with Crippen molar-refractivity contribution in [3.63, 3.8) is 0 Å². The average Bonchev–Trinajstić information content (AvgIpc) is 2.88. The van der Waals surface area contributed by atoms with E-state index < -0.39 is 5.82 Å². The third kappa shape index (κ3) is 4.12. The number of rotatable bonds is 5. The molecule has 0 fully saturated rings. The molecule has 1 amide bonds. The standard InChI is InChI=1S/C19H19BrFNO3/c1-19(2)11-12-4-3-5-16(17(12)25-19)24-9-8-22-18(23)14-10-13(21)6-7-15(14)20/h3-7,10H,8-9,11H2,1-2H3,(H,22,23). The lowest BCUT2D eigenvalue weighted by molar-refractivity contribution is 0.0945. The van der Waals surface area contributed by atoms with E-state index in [-0.39, 0.29) is 17.1 Å². The fourth-order valence-corrected chi connectivity index (χ4v) is 3.22. The van der Waals surface area contributed by atoms with E-state index >= 15 is 0 Å². The van der Waals surface area contributed by atoms with Crippen molar-refractivity contribution in [3.8, 4) is 11.5 Å². The lowest BCUT2D eigenvalue weighted by Gasteiger charge is -2.18. The number of benzene rings is 2. The van der Waals surface area contributed by atoms with Gasteiger partial charge in [-0.2, -0.15) is 0 Å². The molecule has 2 aromatic rings. The van der Waals surface area contributed by atoms with E-state index in [2.05, 4.69) is 21.2 Å². The molecule has 1 N–H and O–H groups in total. The number of hydrogen-bond donors (Lipinski definition) is 1. The van der Waals surface area contributed by atoms with Crippen LogP contribution in [0.15, 0.2) is 40.9 Å². The second-order valence-corrected chi connectivity index (χ2v) is 7.37. The molecule has 0 spiro atoms. The summed E-state index contributed by atoms with van der Waals surface area (Å²) in [5, 5.41) is 2.72. The first-order chi connectivity index (χ1) is 11.9. The number of hydrogen-bond acceptors (Lipinski definition) is 3. The topological polar surface area (TPSA) is 47.6 Å². The van der Waals surface area contributed by atoms with Gasteiger partial charge in [-0.25, -0.2) is 4.39 Å². The Morgan fingerprint density at radius 3 is 2.96 bits per heavy atom. The smallest absolute Gasteiger partial charge is 0.252 e. The SMILES string of the molecule is CC1(C)Cc2cccc(OCCNC(=O)c3cc(F)ccc3Br)c2O1. The highest BCUT2D eigenvalue weighted by molar-refractivity contribution is 9.10. The molecule has 0 saturated carbocycles. The molecule has 0 atom stereocenters. The number of ether oxygens (including phenoxy) is 2. The summed E-state index contributed by atoms with van der Waals surface area (Å²) in [5.74, 6) is 0.630. The van der Waals surface area contributed by atoms with E-state index in [1.165, 1.54) is 18.2 Å². The molecular weight excluding hydrogens is 389 g/mol. The van der Waals surface area contributed by atoms with Crippen LogP contribution in [-0.4, -0.2) is 24.7 Å². The summed E-state index contributed by atoms with van der Waals surface area (Å²) in [6.07, 6.45) is 0.837. The Hall–Kier alpha value is -2.08. The number of carbonyl (C=O) groups excluding carboxylic acids is 1. The molecule has 3 rings (SSSR count). The maximum absolute atomic E-state index is 13.3. The van der Waals surface area contributed by atoms with Gasteiger partial charge in [0.05, 0.1) is 12.1 Å². The Kier molecular flexibility index (Phi) is 4.99. The Morgan fingerprint density at radius 2 is 2.16 bits per heavy atom. The Balaban J connectivity index is 1.56. The highest BCUT2D eigenvalue weighted by Gasteiger charge is 2.32. The van der Waals surface area contributed by atoms with Crippen LogP contribution >= 0.6 is 15.9 Å². The van der Waals surface area contributed by atoms with E-state index in [9.17, 15) is 9.18 Å². The van der Waals surface area contributed by atoms with Gasteiger partial charge in [0.15, 0.2) is 11.5 Å². The van der Waals surface area contributed by atoms with Gasteiger partial charge in [0.25, 0.3) is 5.91 Å². The monoisotopic (exact) mass is 407 g/mol. The van der Waals surface area contributed by atoms with Crippen LogP contribution in [0.25, 0.3) is 0 Å². The lowest BCUT2D eigenvalue weighted by atomic mass is 10.0. The number of carbonyl (C=O) groups is 1. The largest absolute Gasteiger partial charge is 0.488 e. The Morgan fingerprint density at radius 1 is 1.36 bits per heavy atom. The molecule has 6 heteroatoms. The first-order valence-corrected chi connectivity index (χ1v) is 8.82. The van der Waals surface area contributed by atoms with E-state index in [0.29, 0.717) is 23.4 Å². The molecule has 0 radical (unpaired) electrons. The van der Waals surface area contributed by atoms with Crippen LogP contribution in [-0.2, 0) is 6.42 Å². The van der Waals surface area contributed by atoms with Crippen LogP contribution in [0.3, 0.4) is 0 Å². The highest BCUT2D eigenvalue weighted by atomic mass is 79.9. The van der Waals surface area contributed by atoms with E-state index in [1.807, 2.05) is 32.0 Å². The predicted octanol–water partition coefficient (Wildman–Crippen LogP) is 4.11.